The number of nitriles is 1. The summed E-state index contributed by atoms with van der Waals surface area (Å²) < 4.78 is 0. The van der Waals surface area contributed by atoms with Gasteiger partial charge in [0.2, 0.25) is 0 Å². The Bertz CT molecular complexity index is 599. The first-order chi connectivity index (χ1) is 10.6. The fourth-order valence-corrected chi connectivity index (χ4v) is 2.58. The van der Waals surface area contributed by atoms with E-state index in [1.54, 1.807) is 11.1 Å². The molecular formula is C18H23N3O. The summed E-state index contributed by atoms with van der Waals surface area (Å²) in [5.74, 6) is 0.378. The Labute approximate surface area is 132 Å². The summed E-state index contributed by atoms with van der Waals surface area (Å²) in [6, 6.07) is 9.94. The number of benzene rings is 1. The topological polar surface area (TPSA) is 56.1 Å². The molecule has 0 radical (unpaired) electrons. The highest BCUT2D eigenvalue weighted by atomic mass is 16.2. The number of carbonyl (C=O) groups is 1. The van der Waals surface area contributed by atoms with Gasteiger partial charge < -0.3 is 10.2 Å². The Morgan fingerprint density at radius 3 is 2.95 bits per heavy atom. The van der Waals surface area contributed by atoms with Gasteiger partial charge in [-0.2, -0.15) is 5.26 Å². The molecule has 22 heavy (non-hydrogen) atoms. The van der Waals surface area contributed by atoms with Crippen LogP contribution in [0.4, 0.5) is 5.69 Å². The van der Waals surface area contributed by atoms with E-state index in [1.165, 1.54) is 5.56 Å². The normalized spacial score (nSPS) is 14.5. The van der Waals surface area contributed by atoms with E-state index in [9.17, 15) is 10.1 Å². The predicted molar refractivity (Wildman–Crippen MR) is 88.3 cm³/mol. The number of rotatable bonds is 5. The van der Waals surface area contributed by atoms with E-state index in [1.807, 2.05) is 30.3 Å². The van der Waals surface area contributed by atoms with Crippen LogP contribution in [0.1, 0.15) is 32.3 Å². The molecule has 4 heteroatoms. The van der Waals surface area contributed by atoms with Crippen LogP contribution in [0.25, 0.3) is 0 Å². The smallest absolute Gasteiger partial charge is 0.270 e. The van der Waals surface area contributed by atoms with Crippen LogP contribution in [-0.2, 0) is 11.2 Å². The quantitative estimate of drug-likeness (QED) is 0.516. The highest BCUT2D eigenvalue weighted by molar-refractivity contribution is 6.08. The molecule has 4 nitrogen and oxygen atoms in total. The van der Waals surface area contributed by atoms with E-state index in [0.29, 0.717) is 12.5 Å². The van der Waals surface area contributed by atoms with Gasteiger partial charge in [-0.1, -0.05) is 32.0 Å². The van der Waals surface area contributed by atoms with Gasteiger partial charge in [-0.15, -0.1) is 0 Å². The van der Waals surface area contributed by atoms with Crippen LogP contribution < -0.4 is 10.2 Å². The highest BCUT2D eigenvalue weighted by Gasteiger charge is 2.24. The molecule has 0 bridgehead atoms. The van der Waals surface area contributed by atoms with E-state index >= 15 is 0 Å². The zero-order valence-electron chi connectivity index (χ0n) is 13.3. The van der Waals surface area contributed by atoms with Gasteiger partial charge in [0.15, 0.2) is 0 Å². The summed E-state index contributed by atoms with van der Waals surface area (Å²) in [7, 11) is 0. The number of hydrogen-bond acceptors (Lipinski definition) is 3. The monoisotopic (exact) mass is 297 g/mol. The molecule has 2 rings (SSSR count). The summed E-state index contributed by atoms with van der Waals surface area (Å²) >= 11 is 0. The summed E-state index contributed by atoms with van der Waals surface area (Å²) in [6.45, 7) is 5.73. The standard InChI is InChI=1S/C18H23N3O/c1-14(2)9-10-20-13-16(12-19)18(22)21-11-5-7-15-6-3-4-8-17(15)21/h3-4,6,8,13-14,20H,5,7,9-11H2,1-2H3/b16-13-. The van der Waals surface area contributed by atoms with E-state index in [-0.39, 0.29) is 11.5 Å². The Morgan fingerprint density at radius 2 is 2.23 bits per heavy atom. The molecule has 0 spiro atoms. The van der Waals surface area contributed by atoms with Crippen molar-refractivity contribution in [1.29, 1.82) is 5.26 Å². The van der Waals surface area contributed by atoms with Crippen LogP contribution in [0.3, 0.4) is 0 Å². The molecule has 1 aliphatic rings. The number of fused-ring (bicyclic) bond motifs is 1. The molecule has 0 aliphatic carbocycles. The summed E-state index contributed by atoms with van der Waals surface area (Å²) in [5, 5.41) is 12.4. The van der Waals surface area contributed by atoms with Crippen molar-refractivity contribution in [3.05, 3.63) is 41.6 Å². The average molecular weight is 297 g/mol. The Balaban J connectivity index is 2.10. The second-order valence-corrected chi connectivity index (χ2v) is 6.00. The van der Waals surface area contributed by atoms with Gasteiger partial charge >= 0.3 is 0 Å². The molecule has 1 heterocycles. The maximum absolute atomic E-state index is 12.6. The third kappa shape index (κ3) is 3.88. The lowest BCUT2D eigenvalue weighted by molar-refractivity contribution is -0.114. The molecule has 0 unspecified atom stereocenters. The van der Waals surface area contributed by atoms with Gasteiger partial charge in [0.05, 0.1) is 0 Å². The van der Waals surface area contributed by atoms with Gasteiger partial charge in [0.25, 0.3) is 5.91 Å². The Morgan fingerprint density at radius 1 is 1.45 bits per heavy atom. The fourth-order valence-electron chi connectivity index (χ4n) is 2.58. The lowest BCUT2D eigenvalue weighted by Gasteiger charge is -2.29. The van der Waals surface area contributed by atoms with Crippen molar-refractivity contribution in [1.82, 2.24) is 5.32 Å². The number of anilines is 1. The van der Waals surface area contributed by atoms with Gasteiger partial charge in [-0.05, 0) is 36.8 Å². The minimum atomic E-state index is -0.216. The van der Waals surface area contributed by atoms with Crippen LogP contribution in [0.2, 0.25) is 0 Å². The van der Waals surface area contributed by atoms with Gasteiger partial charge in [-0.25, -0.2) is 0 Å². The predicted octanol–water partition coefficient (Wildman–Crippen LogP) is 3.01. The zero-order valence-corrected chi connectivity index (χ0v) is 13.3. The van der Waals surface area contributed by atoms with Crippen molar-refractivity contribution >= 4 is 11.6 Å². The minimum absolute atomic E-state index is 0.167. The third-order valence-electron chi connectivity index (χ3n) is 3.82. The van der Waals surface area contributed by atoms with Crippen LogP contribution in [-0.4, -0.2) is 19.0 Å². The van der Waals surface area contributed by atoms with Gasteiger partial charge in [0, 0.05) is 25.0 Å². The highest BCUT2D eigenvalue weighted by Crippen LogP contribution is 2.27. The molecule has 1 aromatic carbocycles. The van der Waals surface area contributed by atoms with Crippen molar-refractivity contribution in [3.63, 3.8) is 0 Å². The summed E-state index contributed by atoms with van der Waals surface area (Å²) in [6.07, 6.45) is 4.48. The number of para-hydroxylation sites is 1. The lowest BCUT2D eigenvalue weighted by Crippen LogP contribution is -2.36. The van der Waals surface area contributed by atoms with Crippen LogP contribution in [0.5, 0.6) is 0 Å². The molecule has 116 valence electrons. The minimum Gasteiger partial charge on any atom is -0.390 e. The van der Waals surface area contributed by atoms with E-state index in [2.05, 4.69) is 19.2 Å². The molecule has 1 N–H and O–H groups in total. The largest absolute Gasteiger partial charge is 0.390 e. The molecule has 0 fully saturated rings. The van der Waals surface area contributed by atoms with Crippen LogP contribution in [0, 0.1) is 17.2 Å². The second-order valence-electron chi connectivity index (χ2n) is 6.00. The molecule has 0 atom stereocenters. The molecular weight excluding hydrogens is 274 g/mol. The maximum atomic E-state index is 12.6. The van der Waals surface area contributed by atoms with Crippen LogP contribution in [0.15, 0.2) is 36.0 Å². The molecule has 0 saturated heterocycles. The molecule has 1 amide bonds. The second kappa shape index (κ2) is 7.65. The van der Waals surface area contributed by atoms with E-state index in [0.717, 1.165) is 31.5 Å². The van der Waals surface area contributed by atoms with Gasteiger partial charge in [0.1, 0.15) is 11.6 Å². The van der Waals surface area contributed by atoms with Crippen LogP contribution >= 0.6 is 0 Å². The maximum Gasteiger partial charge on any atom is 0.270 e. The Kier molecular flexibility index (Phi) is 5.60. The van der Waals surface area contributed by atoms with Crippen molar-refractivity contribution in [2.75, 3.05) is 18.0 Å². The number of hydrogen-bond donors (Lipinski definition) is 1. The number of aryl methyl sites for hydroxylation is 1. The van der Waals surface area contributed by atoms with Crippen molar-refractivity contribution in [2.24, 2.45) is 5.92 Å². The average Bonchev–Trinajstić information content (AvgIpc) is 2.53. The number of carbonyl (C=O) groups excluding carboxylic acids is 1. The zero-order chi connectivity index (χ0) is 15.9. The number of nitrogens with zero attached hydrogens (tertiary/aromatic N) is 2. The summed E-state index contributed by atoms with van der Waals surface area (Å²) in [5.41, 5.74) is 2.27. The fraction of sp³-hybridized carbons (Fsp3) is 0.444. The molecule has 0 saturated carbocycles. The lowest BCUT2D eigenvalue weighted by atomic mass is 10.0. The van der Waals surface area contributed by atoms with Crippen molar-refractivity contribution < 1.29 is 4.79 Å². The van der Waals surface area contributed by atoms with Crippen molar-refractivity contribution in [3.8, 4) is 6.07 Å². The first kappa shape index (κ1) is 16.1. The molecule has 1 aliphatic heterocycles. The number of nitrogens with one attached hydrogen (secondary N) is 1. The first-order valence-corrected chi connectivity index (χ1v) is 7.87. The third-order valence-corrected chi connectivity index (χ3v) is 3.82. The first-order valence-electron chi connectivity index (χ1n) is 7.87. The SMILES string of the molecule is CC(C)CCN/C=C(/C#N)C(=O)N1CCCc2ccccc21. The molecule has 0 aromatic heterocycles. The summed E-state index contributed by atoms with van der Waals surface area (Å²) in [4.78, 5) is 14.3. The Hall–Kier alpha value is -2.28. The molecule has 1 aromatic rings. The van der Waals surface area contributed by atoms with Crippen molar-refractivity contribution in [2.45, 2.75) is 33.1 Å². The van der Waals surface area contributed by atoms with Gasteiger partial charge in [-0.3, -0.25) is 4.79 Å². The van der Waals surface area contributed by atoms with E-state index < -0.39 is 0 Å². The van der Waals surface area contributed by atoms with E-state index in [4.69, 9.17) is 0 Å². The number of amides is 1.